The van der Waals surface area contributed by atoms with Crippen molar-refractivity contribution < 1.29 is 50.0 Å². The maximum atomic E-state index is 12.5. The molecule has 0 bridgehead atoms. The number of alkyl halides is 6. The van der Waals surface area contributed by atoms with Crippen molar-refractivity contribution in [2.75, 3.05) is 19.4 Å². The highest BCUT2D eigenvalue weighted by atomic mass is 32.2. The Morgan fingerprint density at radius 3 is 2.15 bits per heavy atom. The Hall–Kier alpha value is -2.30. The lowest BCUT2D eigenvalue weighted by atomic mass is 9.66. The van der Waals surface area contributed by atoms with Gasteiger partial charge >= 0.3 is 23.6 Å². The van der Waals surface area contributed by atoms with Gasteiger partial charge in [0.2, 0.25) is 0 Å². The van der Waals surface area contributed by atoms with Gasteiger partial charge in [0.05, 0.1) is 18.2 Å². The molecule has 0 aliphatic heterocycles. The van der Waals surface area contributed by atoms with Crippen LogP contribution in [-0.2, 0) is 36.2 Å². The number of tetrazole rings is 1. The Bertz CT molecular complexity index is 877. The molecule has 1 fully saturated rings. The van der Waals surface area contributed by atoms with E-state index < -0.39 is 45.3 Å². The molecule has 1 heterocycles. The monoisotopic (exact) mass is 525 g/mol. The number of hydrogen-bond donors (Lipinski definition) is 2. The number of carbonyl (C=O) groups is 2. The van der Waals surface area contributed by atoms with Crippen LogP contribution in [0.1, 0.15) is 45.9 Å². The molecule has 196 valence electrons. The van der Waals surface area contributed by atoms with E-state index in [1.807, 2.05) is 20.8 Å². The molecule has 0 saturated heterocycles. The Morgan fingerprint density at radius 1 is 1.21 bits per heavy atom. The molecule has 10 nitrogen and oxygen atoms in total. The molecule has 1 aromatic heterocycles. The third kappa shape index (κ3) is 8.18. The number of ether oxygens (including phenoxy) is 1. The summed E-state index contributed by atoms with van der Waals surface area (Å²) >= 11 is 0. The third-order valence-corrected chi connectivity index (χ3v) is 5.83. The van der Waals surface area contributed by atoms with Crippen molar-refractivity contribution in [2.45, 2.75) is 62.8 Å². The number of aliphatic carboxylic acids is 1. The molecule has 1 aromatic rings. The quantitative estimate of drug-likeness (QED) is 0.405. The second kappa shape index (κ2) is 11.0. The van der Waals surface area contributed by atoms with Crippen LogP contribution >= 0.6 is 0 Å². The van der Waals surface area contributed by atoms with Crippen molar-refractivity contribution in [1.29, 1.82) is 0 Å². The van der Waals surface area contributed by atoms with Gasteiger partial charge in [-0.25, -0.2) is 9.48 Å². The van der Waals surface area contributed by atoms with Gasteiger partial charge in [0.25, 0.3) is 0 Å². The van der Waals surface area contributed by atoms with Gasteiger partial charge in [0.15, 0.2) is 5.82 Å². The number of nitrogens with one attached hydrogen (secondary N) is 1. The molecule has 1 aliphatic rings. The van der Waals surface area contributed by atoms with Crippen LogP contribution in [0.5, 0.6) is 0 Å². The van der Waals surface area contributed by atoms with E-state index >= 15 is 0 Å². The van der Waals surface area contributed by atoms with Crippen LogP contribution in [0.2, 0.25) is 0 Å². The van der Waals surface area contributed by atoms with Gasteiger partial charge in [-0.15, -0.1) is 5.10 Å². The number of halogens is 6. The Morgan fingerprint density at radius 2 is 1.74 bits per heavy atom. The molecule has 2 rings (SSSR count). The van der Waals surface area contributed by atoms with E-state index in [9.17, 15) is 35.3 Å². The molecule has 1 unspecified atom stereocenters. The van der Waals surface area contributed by atoms with Crippen molar-refractivity contribution in [3.8, 4) is 0 Å². The van der Waals surface area contributed by atoms with Gasteiger partial charge < -0.3 is 15.2 Å². The Balaban J connectivity index is 0.000000718. The first-order chi connectivity index (χ1) is 15.3. The van der Waals surface area contributed by atoms with Gasteiger partial charge in [-0.2, -0.15) is 26.3 Å². The maximum Gasteiger partial charge on any atom is 0.490 e. The van der Waals surface area contributed by atoms with E-state index in [0.717, 1.165) is 0 Å². The van der Waals surface area contributed by atoms with E-state index in [-0.39, 0.29) is 24.9 Å². The molecule has 0 radical (unpaired) electrons. The first-order valence-corrected chi connectivity index (χ1v) is 11.0. The third-order valence-electron chi connectivity index (χ3n) is 4.74. The van der Waals surface area contributed by atoms with Crippen LogP contribution in [0.15, 0.2) is 0 Å². The SMILES string of the molecule is COC(=O)CC1CC(NCCS(=O)C(F)(F)F)(c2nnnn2C(C)(C)C)C1.O=C(O)C(F)(F)F. The zero-order valence-electron chi connectivity index (χ0n) is 18.7. The smallest absolute Gasteiger partial charge is 0.475 e. The molecule has 1 aliphatic carbocycles. The molecule has 1 atom stereocenters. The van der Waals surface area contributed by atoms with E-state index in [1.54, 1.807) is 4.68 Å². The summed E-state index contributed by atoms with van der Waals surface area (Å²) in [6, 6.07) is 0. The summed E-state index contributed by atoms with van der Waals surface area (Å²) < 4.78 is 86.7. The lowest BCUT2D eigenvalue weighted by Crippen LogP contribution is -2.56. The Kier molecular flexibility index (Phi) is 9.59. The highest BCUT2D eigenvalue weighted by molar-refractivity contribution is 7.85. The number of carboxylic acid groups (broad SMARTS) is 1. The summed E-state index contributed by atoms with van der Waals surface area (Å²) in [4.78, 5) is 20.4. The molecule has 2 N–H and O–H groups in total. The fourth-order valence-corrected chi connectivity index (χ4v) is 3.75. The molecule has 0 spiro atoms. The summed E-state index contributed by atoms with van der Waals surface area (Å²) in [5.41, 5.74) is -5.95. The summed E-state index contributed by atoms with van der Waals surface area (Å²) in [7, 11) is -1.63. The minimum absolute atomic E-state index is 0.00295. The summed E-state index contributed by atoms with van der Waals surface area (Å²) in [6.07, 6.45) is -3.93. The largest absolute Gasteiger partial charge is 0.490 e. The second-order valence-electron chi connectivity index (χ2n) is 8.45. The lowest BCUT2D eigenvalue weighted by molar-refractivity contribution is -0.192. The van der Waals surface area contributed by atoms with Crippen molar-refractivity contribution in [2.24, 2.45) is 5.92 Å². The van der Waals surface area contributed by atoms with E-state index in [0.29, 0.717) is 18.7 Å². The minimum Gasteiger partial charge on any atom is -0.475 e. The average Bonchev–Trinajstić information content (AvgIpc) is 3.14. The van der Waals surface area contributed by atoms with Gasteiger partial charge in [-0.3, -0.25) is 9.00 Å². The first kappa shape index (κ1) is 29.7. The standard InChI is InChI=1S/C15H24F3N5O3S.C2HF3O2/c1-13(2,3)23-12(20-21-22-23)14(8-10(9-14)7-11(24)26-4)19-5-6-27(25)15(16,17)18;3-2(4,5)1(6)7/h10,19H,5-9H2,1-4H3;(H,6,7). The number of hydrogen-bond acceptors (Lipinski definition) is 8. The summed E-state index contributed by atoms with van der Waals surface area (Å²) in [5, 5.41) is 22.0. The number of carboxylic acids is 1. The summed E-state index contributed by atoms with van der Waals surface area (Å²) in [6.45, 7) is 5.60. The number of carbonyl (C=O) groups excluding carboxylic acids is 1. The molecule has 34 heavy (non-hydrogen) atoms. The zero-order valence-corrected chi connectivity index (χ0v) is 19.5. The van der Waals surface area contributed by atoms with Gasteiger partial charge in [0.1, 0.15) is 10.8 Å². The highest BCUT2D eigenvalue weighted by Gasteiger charge is 2.50. The fraction of sp³-hybridized carbons (Fsp3) is 0.824. The number of esters is 1. The van der Waals surface area contributed by atoms with Crippen LogP contribution in [0.25, 0.3) is 0 Å². The van der Waals surface area contributed by atoms with E-state index in [4.69, 9.17) is 9.90 Å². The van der Waals surface area contributed by atoms with Crippen molar-refractivity contribution >= 4 is 22.7 Å². The van der Waals surface area contributed by atoms with Crippen LogP contribution in [-0.4, -0.2) is 72.6 Å². The maximum absolute atomic E-state index is 12.5. The van der Waals surface area contributed by atoms with Crippen molar-refractivity contribution in [1.82, 2.24) is 25.5 Å². The molecule has 17 heteroatoms. The zero-order chi connectivity index (χ0) is 26.5. The Labute approximate surface area is 192 Å². The number of methoxy groups -OCH3 is 1. The predicted molar refractivity (Wildman–Crippen MR) is 105 cm³/mol. The first-order valence-electron chi connectivity index (χ1n) is 9.70. The van der Waals surface area contributed by atoms with Crippen LogP contribution in [0, 0.1) is 5.92 Å². The van der Waals surface area contributed by atoms with Crippen molar-refractivity contribution in [3.63, 3.8) is 0 Å². The molecule has 1 saturated carbocycles. The molecule has 0 aromatic carbocycles. The van der Waals surface area contributed by atoms with E-state index in [1.165, 1.54) is 7.11 Å². The number of rotatable bonds is 7. The lowest BCUT2D eigenvalue weighted by Gasteiger charge is -2.47. The van der Waals surface area contributed by atoms with Gasteiger partial charge in [-0.05, 0) is 50.0 Å². The molecule has 0 amide bonds. The molecular weight excluding hydrogens is 500 g/mol. The van der Waals surface area contributed by atoms with Gasteiger partial charge in [-0.1, -0.05) is 0 Å². The van der Waals surface area contributed by atoms with Crippen LogP contribution in [0.3, 0.4) is 0 Å². The van der Waals surface area contributed by atoms with Crippen LogP contribution in [0.4, 0.5) is 26.3 Å². The fourth-order valence-electron chi connectivity index (χ4n) is 3.23. The van der Waals surface area contributed by atoms with Gasteiger partial charge in [0, 0.05) is 18.7 Å². The summed E-state index contributed by atoms with van der Waals surface area (Å²) in [5.74, 6) is -3.17. The average molecular weight is 525 g/mol. The topological polar surface area (TPSA) is 136 Å². The number of aromatic nitrogens is 4. The van der Waals surface area contributed by atoms with E-state index in [2.05, 4.69) is 25.6 Å². The minimum atomic E-state index is -5.08. The second-order valence-corrected chi connectivity index (χ2v) is 10.0. The highest BCUT2D eigenvalue weighted by Crippen LogP contribution is 2.47. The predicted octanol–water partition coefficient (Wildman–Crippen LogP) is 2.09. The number of nitrogens with zero attached hydrogens (tertiary/aromatic N) is 4. The van der Waals surface area contributed by atoms with Crippen molar-refractivity contribution in [3.05, 3.63) is 5.82 Å². The molecular formula is C17H25F6N5O5S. The van der Waals surface area contributed by atoms with Crippen LogP contribution < -0.4 is 5.32 Å². The normalized spacial score (nSPS) is 21.6.